The van der Waals surface area contributed by atoms with Crippen LogP contribution < -0.4 is 5.73 Å². The second kappa shape index (κ2) is 2.88. The first-order valence-corrected chi connectivity index (χ1v) is 5.29. The van der Waals surface area contributed by atoms with E-state index in [2.05, 4.69) is 23.4 Å². The van der Waals surface area contributed by atoms with E-state index in [1.54, 1.807) is 11.3 Å². The third-order valence-corrected chi connectivity index (χ3v) is 3.33. The number of rotatable bonds is 1. The fraction of sp³-hybridized carbons (Fsp3) is 0.125. The Bertz CT molecular complexity index is 389. The van der Waals surface area contributed by atoms with Crippen LogP contribution in [0, 0.1) is 6.92 Å². The van der Waals surface area contributed by atoms with E-state index in [0.29, 0.717) is 5.13 Å². The van der Waals surface area contributed by atoms with Crippen LogP contribution in [0.15, 0.2) is 16.8 Å². The predicted octanol–water partition coefficient (Wildman–Crippen LogP) is 2.76. The molecular formula is C8H8N2S2. The Balaban J connectivity index is 2.50. The number of aryl methyl sites for hydroxylation is 1. The number of thiophene rings is 1. The molecule has 0 radical (unpaired) electrons. The highest BCUT2D eigenvalue weighted by atomic mass is 32.1. The lowest BCUT2D eigenvalue weighted by atomic mass is 10.2. The van der Waals surface area contributed by atoms with Crippen molar-refractivity contribution in [3.05, 3.63) is 22.4 Å². The molecule has 0 aliphatic rings. The van der Waals surface area contributed by atoms with E-state index in [4.69, 9.17) is 5.73 Å². The molecular weight excluding hydrogens is 188 g/mol. The first-order valence-electron chi connectivity index (χ1n) is 3.53. The number of hydrogen-bond acceptors (Lipinski definition) is 4. The van der Waals surface area contributed by atoms with Crippen LogP contribution in [-0.2, 0) is 0 Å². The Labute approximate surface area is 78.7 Å². The van der Waals surface area contributed by atoms with Gasteiger partial charge in [-0.05, 0) is 23.9 Å². The summed E-state index contributed by atoms with van der Waals surface area (Å²) in [6.07, 6.45) is 0. The number of anilines is 1. The zero-order valence-corrected chi connectivity index (χ0v) is 8.21. The van der Waals surface area contributed by atoms with Crippen molar-refractivity contribution in [1.29, 1.82) is 0 Å². The third-order valence-electron chi connectivity index (χ3n) is 1.62. The van der Waals surface area contributed by atoms with Gasteiger partial charge in [0.1, 0.15) is 0 Å². The summed E-state index contributed by atoms with van der Waals surface area (Å²) >= 11 is 3.19. The summed E-state index contributed by atoms with van der Waals surface area (Å²) in [5.41, 5.74) is 7.82. The molecule has 4 heteroatoms. The molecule has 0 atom stereocenters. The zero-order valence-electron chi connectivity index (χ0n) is 6.57. The van der Waals surface area contributed by atoms with E-state index < -0.39 is 0 Å². The number of thiazole rings is 1. The van der Waals surface area contributed by atoms with E-state index in [-0.39, 0.29) is 0 Å². The van der Waals surface area contributed by atoms with Crippen molar-refractivity contribution in [3.8, 4) is 10.6 Å². The van der Waals surface area contributed by atoms with Gasteiger partial charge < -0.3 is 5.73 Å². The van der Waals surface area contributed by atoms with Gasteiger partial charge in [-0.15, -0.1) is 22.7 Å². The molecule has 0 saturated carbocycles. The summed E-state index contributed by atoms with van der Waals surface area (Å²) in [5.74, 6) is 0. The molecule has 0 amide bonds. The van der Waals surface area contributed by atoms with Crippen molar-refractivity contribution in [3.63, 3.8) is 0 Å². The van der Waals surface area contributed by atoms with Crippen LogP contribution in [0.1, 0.15) is 5.56 Å². The maximum Gasteiger partial charge on any atom is 0.180 e. The molecule has 62 valence electrons. The average Bonchev–Trinajstić information content (AvgIpc) is 2.58. The smallest absolute Gasteiger partial charge is 0.180 e. The fourth-order valence-electron chi connectivity index (χ4n) is 1.03. The highest BCUT2D eigenvalue weighted by molar-refractivity contribution is 7.15. The maximum absolute atomic E-state index is 5.55. The van der Waals surface area contributed by atoms with Gasteiger partial charge in [-0.2, -0.15) is 0 Å². The summed E-state index contributed by atoms with van der Waals surface area (Å²) in [6, 6.07) is 2.09. The van der Waals surface area contributed by atoms with E-state index in [9.17, 15) is 0 Å². The summed E-state index contributed by atoms with van der Waals surface area (Å²) in [4.78, 5) is 5.45. The average molecular weight is 196 g/mol. The molecule has 12 heavy (non-hydrogen) atoms. The highest BCUT2D eigenvalue weighted by Crippen LogP contribution is 2.30. The second-order valence-corrected chi connectivity index (χ2v) is 4.31. The van der Waals surface area contributed by atoms with Gasteiger partial charge in [0.05, 0.1) is 10.6 Å². The summed E-state index contributed by atoms with van der Waals surface area (Å²) in [7, 11) is 0. The lowest BCUT2D eigenvalue weighted by molar-refractivity contribution is 1.41. The number of nitrogens with two attached hydrogens (primary N) is 1. The van der Waals surface area contributed by atoms with Gasteiger partial charge in [-0.25, -0.2) is 4.98 Å². The molecule has 2 heterocycles. The number of aromatic nitrogens is 1. The molecule has 0 fully saturated rings. The van der Waals surface area contributed by atoms with Crippen molar-refractivity contribution in [2.75, 3.05) is 5.73 Å². The topological polar surface area (TPSA) is 38.9 Å². The van der Waals surface area contributed by atoms with Crippen LogP contribution >= 0.6 is 22.7 Å². The Morgan fingerprint density at radius 3 is 2.75 bits per heavy atom. The van der Waals surface area contributed by atoms with E-state index in [1.807, 2.05) is 5.38 Å². The van der Waals surface area contributed by atoms with Crippen LogP contribution in [0.25, 0.3) is 10.6 Å². The molecule has 2 nitrogen and oxygen atoms in total. The van der Waals surface area contributed by atoms with Gasteiger partial charge in [-0.3, -0.25) is 0 Å². The minimum Gasteiger partial charge on any atom is -0.375 e. The van der Waals surface area contributed by atoms with Gasteiger partial charge in [0.15, 0.2) is 5.13 Å². The lowest BCUT2D eigenvalue weighted by Crippen LogP contribution is -1.81. The van der Waals surface area contributed by atoms with Gasteiger partial charge in [0.25, 0.3) is 0 Å². The number of hydrogen-bond donors (Lipinski definition) is 1. The first-order chi connectivity index (χ1) is 5.77. The Hall–Kier alpha value is -0.870. The largest absolute Gasteiger partial charge is 0.375 e. The summed E-state index contributed by atoms with van der Waals surface area (Å²) < 4.78 is 0. The van der Waals surface area contributed by atoms with E-state index in [1.165, 1.54) is 21.8 Å². The summed E-state index contributed by atoms with van der Waals surface area (Å²) in [6.45, 7) is 2.08. The van der Waals surface area contributed by atoms with Crippen LogP contribution in [0.5, 0.6) is 0 Å². The van der Waals surface area contributed by atoms with Gasteiger partial charge in [-0.1, -0.05) is 0 Å². The van der Waals surface area contributed by atoms with Crippen LogP contribution in [0.2, 0.25) is 0 Å². The van der Waals surface area contributed by atoms with E-state index in [0.717, 1.165) is 5.69 Å². The standard InChI is InChI=1S/C8H8N2S2/c1-5-2-3-11-7(5)6-4-12-8(9)10-6/h2-4H,1H3,(H2,9,10). The molecule has 0 aliphatic heterocycles. The number of nitrogens with zero attached hydrogens (tertiary/aromatic N) is 1. The minimum absolute atomic E-state index is 0.637. The quantitative estimate of drug-likeness (QED) is 0.761. The Morgan fingerprint density at radius 2 is 2.25 bits per heavy atom. The lowest BCUT2D eigenvalue weighted by Gasteiger charge is -1.91. The van der Waals surface area contributed by atoms with Crippen LogP contribution in [0.3, 0.4) is 0 Å². The van der Waals surface area contributed by atoms with Crippen molar-refractivity contribution in [1.82, 2.24) is 4.98 Å². The second-order valence-electron chi connectivity index (χ2n) is 2.50. The molecule has 2 aromatic heterocycles. The van der Waals surface area contributed by atoms with Gasteiger partial charge >= 0.3 is 0 Å². The SMILES string of the molecule is Cc1ccsc1-c1csc(N)n1. The van der Waals surface area contributed by atoms with Crippen molar-refractivity contribution >= 4 is 27.8 Å². The maximum atomic E-state index is 5.55. The van der Waals surface area contributed by atoms with Crippen molar-refractivity contribution in [2.45, 2.75) is 6.92 Å². The molecule has 0 spiro atoms. The predicted molar refractivity (Wildman–Crippen MR) is 54.6 cm³/mol. The van der Waals surface area contributed by atoms with Gasteiger partial charge in [0.2, 0.25) is 0 Å². The molecule has 0 saturated heterocycles. The van der Waals surface area contributed by atoms with Crippen LogP contribution in [0.4, 0.5) is 5.13 Å². The molecule has 2 rings (SSSR count). The Morgan fingerprint density at radius 1 is 1.42 bits per heavy atom. The summed E-state index contributed by atoms with van der Waals surface area (Å²) in [5, 5.41) is 4.70. The molecule has 0 aliphatic carbocycles. The minimum atomic E-state index is 0.637. The third kappa shape index (κ3) is 1.23. The van der Waals surface area contributed by atoms with Crippen molar-refractivity contribution in [2.24, 2.45) is 0 Å². The monoisotopic (exact) mass is 196 g/mol. The first kappa shape index (κ1) is 7.76. The van der Waals surface area contributed by atoms with Crippen LogP contribution in [-0.4, -0.2) is 4.98 Å². The zero-order chi connectivity index (χ0) is 8.55. The number of nitrogen functional groups attached to an aromatic ring is 1. The highest BCUT2D eigenvalue weighted by Gasteiger charge is 2.05. The molecule has 2 N–H and O–H groups in total. The fourth-order valence-corrected chi connectivity index (χ4v) is 2.54. The molecule has 2 aromatic rings. The van der Waals surface area contributed by atoms with Crippen molar-refractivity contribution < 1.29 is 0 Å². The molecule has 0 unspecified atom stereocenters. The normalized spacial score (nSPS) is 10.4. The van der Waals surface area contributed by atoms with Gasteiger partial charge in [0, 0.05) is 5.38 Å². The molecule has 0 aromatic carbocycles. The van der Waals surface area contributed by atoms with E-state index >= 15 is 0 Å². The Kier molecular flexibility index (Phi) is 1.86. The molecule has 0 bridgehead atoms.